The summed E-state index contributed by atoms with van der Waals surface area (Å²) in [6, 6.07) is 8.80. The Morgan fingerprint density at radius 3 is 2.62 bits per heavy atom. The summed E-state index contributed by atoms with van der Waals surface area (Å²) in [6.45, 7) is 10.1. The predicted octanol–water partition coefficient (Wildman–Crippen LogP) is 3.44. The monoisotopic (exact) mass is 284 g/mol. The molecule has 0 saturated heterocycles. The van der Waals surface area contributed by atoms with Crippen LogP contribution in [-0.2, 0) is 6.54 Å². The maximum atomic E-state index is 4.73. The summed E-state index contributed by atoms with van der Waals surface area (Å²) < 4.78 is 0. The first kappa shape index (κ1) is 15.4. The summed E-state index contributed by atoms with van der Waals surface area (Å²) in [6.07, 6.45) is 3.65. The second-order valence-electron chi connectivity index (χ2n) is 5.43. The van der Waals surface area contributed by atoms with Gasteiger partial charge in [0.15, 0.2) is 5.82 Å². The molecule has 0 aliphatic rings. The molecule has 0 aliphatic carbocycles. The van der Waals surface area contributed by atoms with Crippen LogP contribution in [0.3, 0.4) is 0 Å². The molecule has 21 heavy (non-hydrogen) atoms. The van der Waals surface area contributed by atoms with Crippen molar-refractivity contribution in [3.63, 3.8) is 0 Å². The van der Waals surface area contributed by atoms with Crippen LogP contribution in [0, 0.1) is 6.92 Å². The molecule has 0 aliphatic heterocycles. The minimum Gasteiger partial charge on any atom is -0.325 e. The van der Waals surface area contributed by atoms with Gasteiger partial charge >= 0.3 is 0 Å². The van der Waals surface area contributed by atoms with Crippen molar-refractivity contribution in [1.82, 2.24) is 15.3 Å². The maximum absolute atomic E-state index is 4.73. The number of nitrogens with zero attached hydrogens (tertiary/aromatic N) is 3. The molecule has 4 heteroatoms. The minimum atomic E-state index is 0.439. The van der Waals surface area contributed by atoms with E-state index in [1.54, 1.807) is 0 Å². The lowest BCUT2D eigenvalue weighted by Gasteiger charge is -2.24. The highest BCUT2D eigenvalue weighted by Gasteiger charge is 2.11. The minimum absolute atomic E-state index is 0.439. The Balaban J connectivity index is 2.26. The molecule has 0 fully saturated rings. The van der Waals surface area contributed by atoms with E-state index < -0.39 is 0 Å². The first-order valence-corrected chi connectivity index (χ1v) is 7.49. The fourth-order valence-corrected chi connectivity index (χ4v) is 2.24. The smallest absolute Gasteiger partial charge is 0.151 e. The third-order valence-electron chi connectivity index (χ3n) is 3.36. The van der Waals surface area contributed by atoms with Crippen LogP contribution >= 0.6 is 0 Å². The Morgan fingerprint density at radius 1 is 1.19 bits per heavy atom. The molecule has 1 aromatic heterocycles. The van der Waals surface area contributed by atoms with Crippen LogP contribution < -0.4 is 10.2 Å². The normalized spacial score (nSPS) is 10.9. The lowest BCUT2D eigenvalue weighted by Crippen LogP contribution is -2.24. The van der Waals surface area contributed by atoms with Crippen molar-refractivity contribution < 1.29 is 0 Å². The number of hydrogen-bond donors (Lipinski definition) is 1. The number of aromatic nitrogens is 2. The molecule has 1 N–H and O–H groups in total. The van der Waals surface area contributed by atoms with Gasteiger partial charge in [0, 0.05) is 31.0 Å². The first-order chi connectivity index (χ1) is 10.1. The predicted molar refractivity (Wildman–Crippen MR) is 87.9 cm³/mol. The molecule has 2 aromatic rings. The lowest BCUT2D eigenvalue weighted by molar-refractivity contribution is 0.580. The number of para-hydroxylation sites is 1. The first-order valence-electron chi connectivity index (χ1n) is 7.49. The van der Waals surface area contributed by atoms with E-state index in [0.717, 1.165) is 24.6 Å². The van der Waals surface area contributed by atoms with Crippen LogP contribution in [0.2, 0.25) is 0 Å². The molecule has 0 spiro atoms. The Morgan fingerprint density at radius 2 is 1.95 bits per heavy atom. The molecule has 4 nitrogen and oxygen atoms in total. The van der Waals surface area contributed by atoms with Gasteiger partial charge in [0.05, 0.1) is 11.9 Å². The van der Waals surface area contributed by atoms with E-state index in [9.17, 15) is 0 Å². The van der Waals surface area contributed by atoms with Gasteiger partial charge in [-0.3, -0.25) is 4.98 Å². The van der Waals surface area contributed by atoms with Crippen molar-refractivity contribution in [2.75, 3.05) is 11.4 Å². The summed E-state index contributed by atoms with van der Waals surface area (Å²) in [5.41, 5.74) is 3.39. The number of benzene rings is 1. The standard InChI is InChI=1S/C17H24N4/c1-5-21(16-9-7-6-8-14(16)4)17-12-18-10-15(20-17)11-19-13(2)3/h6-10,12-13,19H,5,11H2,1-4H3. The molecule has 0 amide bonds. The summed E-state index contributed by atoms with van der Waals surface area (Å²) in [5.74, 6) is 0.898. The SMILES string of the molecule is CCN(c1cncc(CNC(C)C)n1)c1ccccc1C. The van der Waals surface area contributed by atoms with Gasteiger partial charge in [0.1, 0.15) is 0 Å². The van der Waals surface area contributed by atoms with Gasteiger partial charge in [-0.2, -0.15) is 0 Å². The average molecular weight is 284 g/mol. The van der Waals surface area contributed by atoms with Gasteiger partial charge < -0.3 is 10.2 Å². The van der Waals surface area contributed by atoms with Gasteiger partial charge in [0.2, 0.25) is 0 Å². The quantitative estimate of drug-likeness (QED) is 0.882. The number of nitrogens with one attached hydrogen (secondary N) is 1. The van der Waals surface area contributed by atoms with E-state index in [2.05, 4.69) is 67.2 Å². The Bertz CT molecular complexity index is 581. The Labute approximate surface area is 127 Å². The van der Waals surface area contributed by atoms with Crippen LogP contribution in [0.4, 0.5) is 11.5 Å². The van der Waals surface area contributed by atoms with E-state index >= 15 is 0 Å². The third-order valence-corrected chi connectivity index (χ3v) is 3.36. The number of hydrogen-bond acceptors (Lipinski definition) is 4. The average Bonchev–Trinajstić information content (AvgIpc) is 2.48. The molecule has 0 bridgehead atoms. The summed E-state index contributed by atoms with van der Waals surface area (Å²) >= 11 is 0. The Hall–Kier alpha value is -1.94. The fourth-order valence-electron chi connectivity index (χ4n) is 2.24. The second-order valence-corrected chi connectivity index (χ2v) is 5.43. The van der Waals surface area contributed by atoms with Gasteiger partial charge in [-0.25, -0.2) is 4.98 Å². The van der Waals surface area contributed by atoms with Gasteiger partial charge in [-0.15, -0.1) is 0 Å². The largest absolute Gasteiger partial charge is 0.325 e. The van der Waals surface area contributed by atoms with E-state index in [1.807, 2.05) is 12.4 Å². The zero-order valence-corrected chi connectivity index (χ0v) is 13.3. The van der Waals surface area contributed by atoms with Gasteiger partial charge in [0.25, 0.3) is 0 Å². The highest BCUT2D eigenvalue weighted by atomic mass is 15.2. The molecule has 1 aromatic carbocycles. The molecule has 0 unspecified atom stereocenters. The molecule has 0 saturated carbocycles. The molecule has 0 radical (unpaired) electrons. The zero-order valence-electron chi connectivity index (χ0n) is 13.3. The van der Waals surface area contributed by atoms with Crippen molar-refractivity contribution in [3.8, 4) is 0 Å². The van der Waals surface area contributed by atoms with E-state index in [4.69, 9.17) is 4.98 Å². The molecule has 2 rings (SSSR count). The molecule has 0 atom stereocenters. The lowest BCUT2D eigenvalue weighted by atomic mass is 10.2. The highest BCUT2D eigenvalue weighted by Crippen LogP contribution is 2.25. The number of rotatable bonds is 6. The summed E-state index contributed by atoms with van der Waals surface area (Å²) in [4.78, 5) is 11.3. The van der Waals surface area contributed by atoms with Crippen LogP contribution in [-0.4, -0.2) is 22.6 Å². The Kier molecular flexibility index (Phi) is 5.28. The summed E-state index contributed by atoms with van der Waals surface area (Å²) in [5, 5.41) is 3.38. The molecular formula is C17H24N4. The van der Waals surface area contributed by atoms with Gasteiger partial charge in [-0.1, -0.05) is 32.0 Å². The molecular weight excluding hydrogens is 260 g/mol. The molecule has 1 heterocycles. The van der Waals surface area contributed by atoms with E-state index in [1.165, 1.54) is 11.3 Å². The van der Waals surface area contributed by atoms with Crippen molar-refractivity contribution in [2.45, 2.75) is 40.3 Å². The van der Waals surface area contributed by atoms with Crippen molar-refractivity contribution in [1.29, 1.82) is 0 Å². The van der Waals surface area contributed by atoms with Crippen LogP contribution in [0.15, 0.2) is 36.7 Å². The third kappa shape index (κ3) is 4.02. The van der Waals surface area contributed by atoms with Crippen molar-refractivity contribution >= 4 is 11.5 Å². The van der Waals surface area contributed by atoms with Crippen molar-refractivity contribution in [3.05, 3.63) is 47.9 Å². The highest BCUT2D eigenvalue weighted by molar-refractivity contribution is 5.62. The summed E-state index contributed by atoms with van der Waals surface area (Å²) in [7, 11) is 0. The van der Waals surface area contributed by atoms with Crippen LogP contribution in [0.1, 0.15) is 32.0 Å². The maximum Gasteiger partial charge on any atom is 0.151 e. The molecule has 112 valence electrons. The number of aryl methyl sites for hydroxylation is 1. The van der Waals surface area contributed by atoms with Crippen molar-refractivity contribution in [2.24, 2.45) is 0 Å². The second kappa shape index (κ2) is 7.18. The van der Waals surface area contributed by atoms with Crippen LogP contribution in [0.5, 0.6) is 0 Å². The van der Waals surface area contributed by atoms with Crippen LogP contribution in [0.25, 0.3) is 0 Å². The fraction of sp³-hybridized carbons (Fsp3) is 0.412. The van der Waals surface area contributed by atoms with Gasteiger partial charge in [-0.05, 0) is 25.5 Å². The number of anilines is 2. The topological polar surface area (TPSA) is 41.1 Å². The van der Waals surface area contributed by atoms with E-state index in [-0.39, 0.29) is 0 Å². The zero-order chi connectivity index (χ0) is 15.2. The van der Waals surface area contributed by atoms with E-state index in [0.29, 0.717) is 6.04 Å².